The molecule has 2 amide bonds. The van der Waals surface area contributed by atoms with Gasteiger partial charge in [0.2, 0.25) is 11.8 Å². The number of hydrogen-bond acceptors (Lipinski definition) is 4. The highest BCUT2D eigenvalue weighted by Crippen LogP contribution is 2.57. The standard InChI is InChI=1S/C20H19NO4/c1-10(2)15-13-8-9-14(15)17-16(13)18(22)21(19(17)23)12-6-4-11(5-7-12)20(24)25-3/h4-9,13-14,16-17H,1-3H3/t13-,14+,16-,17+. The van der Waals surface area contributed by atoms with Crippen LogP contribution in [0.15, 0.2) is 47.6 Å². The van der Waals surface area contributed by atoms with Crippen LogP contribution < -0.4 is 4.90 Å². The van der Waals surface area contributed by atoms with E-state index in [0.717, 1.165) is 0 Å². The molecule has 0 spiro atoms. The number of carbonyl (C=O) groups excluding carboxylic acids is 3. The lowest BCUT2D eigenvalue weighted by Gasteiger charge is -2.19. The first-order valence-corrected chi connectivity index (χ1v) is 8.37. The van der Waals surface area contributed by atoms with E-state index < -0.39 is 5.97 Å². The first-order valence-electron chi connectivity index (χ1n) is 8.37. The Morgan fingerprint density at radius 1 is 0.960 bits per heavy atom. The Kier molecular flexibility index (Phi) is 3.42. The van der Waals surface area contributed by atoms with Crippen molar-refractivity contribution in [2.75, 3.05) is 12.0 Å². The maximum atomic E-state index is 13.0. The van der Waals surface area contributed by atoms with E-state index in [1.165, 1.54) is 23.2 Å². The maximum Gasteiger partial charge on any atom is 0.337 e. The van der Waals surface area contributed by atoms with Gasteiger partial charge in [-0.15, -0.1) is 0 Å². The quantitative estimate of drug-likeness (QED) is 0.473. The molecule has 0 unspecified atom stereocenters. The van der Waals surface area contributed by atoms with E-state index in [1.54, 1.807) is 24.3 Å². The van der Waals surface area contributed by atoms with Crippen LogP contribution in [0.25, 0.3) is 0 Å². The summed E-state index contributed by atoms with van der Waals surface area (Å²) >= 11 is 0. The Morgan fingerprint density at radius 2 is 1.48 bits per heavy atom. The van der Waals surface area contributed by atoms with Crippen LogP contribution in [0.5, 0.6) is 0 Å². The number of anilines is 1. The summed E-state index contributed by atoms with van der Waals surface area (Å²) in [5, 5.41) is 0. The molecule has 1 saturated heterocycles. The van der Waals surface area contributed by atoms with Crippen molar-refractivity contribution in [2.24, 2.45) is 23.7 Å². The molecule has 4 rings (SSSR count). The molecule has 0 N–H and O–H groups in total. The molecule has 5 heteroatoms. The third-order valence-electron chi connectivity index (χ3n) is 5.54. The zero-order valence-corrected chi connectivity index (χ0v) is 14.4. The molecule has 5 nitrogen and oxygen atoms in total. The van der Waals surface area contributed by atoms with Crippen LogP contribution in [0.1, 0.15) is 24.2 Å². The van der Waals surface area contributed by atoms with Gasteiger partial charge in [0, 0.05) is 11.8 Å². The average Bonchev–Trinajstić information content (AvgIpc) is 3.24. The number of imide groups is 1. The highest BCUT2D eigenvalue weighted by molar-refractivity contribution is 6.23. The molecule has 2 aliphatic carbocycles. The zero-order chi connectivity index (χ0) is 17.9. The van der Waals surface area contributed by atoms with E-state index in [0.29, 0.717) is 11.3 Å². The Hall–Kier alpha value is -2.69. The topological polar surface area (TPSA) is 63.7 Å². The highest BCUT2D eigenvalue weighted by atomic mass is 16.5. The van der Waals surface area contributed by atoms with Crippen LogP contribution in [0.4, 0.5) is 5.69 Å². The number of methoxy groups -OCH3 is 1. The SMILES string of the molecule is COC(=O)c1ccc(N2C(=O)[C@@H]3[C@H](C2=O)[C@@H]2C=C[C@H]3C2=C(C)C)cc1. The number of nitrogens with zero attached hydrogens (tertiary/aromatic N) is 1. The zero-order valence-electron chi connectivity index (χ0n) is 14.4. The smallest absolute Gasteiger partial charge is 0.337 e. The predicted molar refractivity (Wildman–Crippen MR) is 91.7 cm³/mol. The number of amides is 2. The van der Waals surface area contributed by atoms with E-state index in [2.05, 4.69) is 16.9 Å². The number of hydrogen-bond donors (Lipinski definition) is 0. The van der Waals surface area contributed by atoms with Gasteiger partial charge >= 0.3 is 5.97 Å². The van der Waals surface area contributed by atoms with Crippen molar-refractivity contribution in [1.82, 2.24) is 0 Å². The van der Waals surface area contributed by atoms with Crippen LogP contribution in [-0.4, -0.2) is 24.9 Å². The number of esters is 1. The number of rotatable bonds is 2. The summed E-state index contributed by atoms with van der Waals surface area (Å²) in [6.07, 6.45) is 4.15. The molecule has 0 aromatic heterocycles. The molecule has 1 aliphatic heterocycles. The fraction of sp³-hybridized carbons (Fsp3) is 0.350. The molecule has 1 saturated carbocycles. The van der Waals surface area contributed by atoms with Gasteiger partial charge in [-0.1, -0.05) is 23.3 Å². The molecule has 4 atom stereocenters. The highest BCUT2D eigenvalue weighted by Gasteiger charge is 2.61. The van der Waals surface area contributed by atoms with Gasteiger partial charge in [0.1, 0.15) is 0 Å². The van der Waals surface area contributed by atoms with Crippen LogP contribution in [-0.2, 0) is 14.3 Å². The van der Waals surface area contributed by atoms with Crippen LogP contribution >= 0.6 is 0 Å². The third-order valence-corrected chi connectivity index (χ3v) is 5.54. The number of carbonyl (C=O) groups is 3. The van der Waals surface area contributed by atoms with E-state index in [9.17, 15) is 14.4 Å². The van der Waals surface area contributed by atoms with E-state index in [1.807, 2.05) is 13.8 Å². The predicted octanol–water partition coefficient (Wildman–Crippen LogP) is 2.73. The molecule has 1 aromatic carbocycles. The van der Waals surface area contributed by atoms with Gasteiger partial charge in [0.15, 0.2) is 0 Å². The van der Waals surface area contributed by atoms with Crippen molar-refractivity contribution >= 4 is 23.5 Å². The minimum Gasteiger partial charge on any atom is -0.465 e. The Balaban J connectivity index is 1.68. The Bertz CT molecular complexity index is 811. The summed E-state index contributed by atoms with van der Waals surface area (Å²) in [6, 6.07) is 6.40. The molecule has 128 valence electrons. The second kappa shape index (κ2) is 5.41. The van der Waals surface area contributed by atoms with Gasteiger partial charge in [-0.05, 0) is 38.1 Å². The number of benzene rings is 1. The number of allylic oxidation sites excluding steroid dienone is 4. The first-order chi connectivity index (χ1) is 12.0. The number of fused-ring (bicyclic) bond motifs is 5. The Morgan fingerprint density at radius 3 is 1.92 bits per heavy atom. The molecule has 25 heavy (non-hydrogen) atoms. The summed E-state index contributed by atoms with van der Waals surface area (Å²) in [7, 11) is 1.31. The van der Waals surface area contributed by atoms with Crippen LogP contribution in [0.3, 0.4) is 0 Å². The molecule has 1 aromatic rings. The molecule has 1 heterocycles. The van der Waals surface area contributed by atoms with Crippen molar-refractivity contribution in [3.63, 3.8) is 0 Å². The van der Waals surface area contributed by atoms with Gasteiger partial charge in [0.25, 0.3) is 0 Å². The summed E-state index contributed by atoms with van der Waals surface area (Å²) in [5.74, 6) is -1.25. The number of ether oxygens (including phenoxy) is 1. The van der Waals surface area contributed by atoms with Gasteiger partial charge in [-0.2, -0.15) is 0 Å². The largest absolute Gasteiger partial charge is 0.465 e. The average molecular weight is 337 g/mol. The molecular formula is C20H19NO4. The molecular weight excluding hydrogens is 318 g/mol. The lowest BCUT2D eigenvalue weighted by Crippen LogP contribution is -2.33. The summed E-state index contributed by atoms with van der Waals surface area (Å²) in [5.41, 5.74) is 3.33. The van der Waals surface area contributed by atoms with Crippen LogP contribution in [0.2, 0.25) is 0 Å². The van der Waals surface area contributed by atoms with Crippen LogP contribution in [0, 0.1) is 23.7 Å². The second-order valence-electron chi connectivity index (χ2n) is 6.99. The van der Waals surface area contributed by atoms with E-state index >= 15 is 0 Å². The minimum atomic E-state index is -0.446. The monoisotopic (exact) mass is 337 g/mol. The minimum absolute atomic E-state index is 0.0378. The normalized spacial score (nSPS) is 29.4. The van der Waals surface area contributed by atoms with Gasteiger partial charge in [-0.25, -0.2) is 9.69 Å². The first kappa shape index (κ1) is 15.8. The second-order valence-corrected chi connectivity index (χ2v) is 6.99. The third kappa shape index (κ3) is 2.05. The van der Waals surface area contributed by atoms with Crippen molar-refractivity contribution in [1.29, 1.82) is 0 Å². The lowest BCUT2D eigenvalue weighted by atomic mass is 9.85. The fourth-order valence-electron chi connectivity index (χ4n) is 4.55. The summed E-state index contributed by atoms with van der Waals surface area (Å²) < 4.78 is 4.68. The van der Waals surface area contributed by atoms with Gasteiger partial charge in [-0.3, -0.25) is 9.59 Å². The van der Waals surface area contributed by atoms with E-state index in [4.69, 9.17) is 0 Å². The maximum absolute atomic E-state index is 13.0. The van der Waals surface area contributed by atoms with Crippen molar-refractivity contribution in [2.45, 2.75) is 13.8 Å². The molecule has 2 fully saturated rings. The Labute approximate surface area is 146 Å². The van der Waals surface area contributed by atoms with Crippen molar-refractivity contribution in [3.05, 3.63) is 53.1 Å². The molecule has 0 radical (unpaired) electrons. The van der Waals surface area contributed by atoms with Gasteiger partial charge in [0.05, 0.1) is 30.2 Å². The van der Waals surface area contributed by atoms with Crippen molar-refractivity contribution < 1.29 is 19.1 Å². The summed E-state index contributed by atoms with van der Waals surface area (Å²) in [4.78, 5) is 38.8. The van der Waals surface area contributed by atoms with E-state index in [-0.39, 0.29) is 35.5 Å². The summed E-state index contributed by atoms with van der Waals surface area (Å²) in [6.45, 7) is 4.09. The molecule has 3 aliphatic rings. The van der Waals surface area contributed by atoms with Gasteiger partial charge < -0.3 is 4.74 Å². The molecule has 2 bridgehead atoms. The fourth-order valence-corrected chi connectivity index (χ4v) is 4.55. The lowest BCUT2D eigenvalue weighted by molar-refractivity contribution is -0.122. The van der Waals surface area contributed by atoms with Crippen molar-refractivity contribution in [3.8, 4) is 0 Å².